The Hall–Kier alpha value is -3.06. The van der Waals surface area contributed by atoms with E-state index < -0.39 is 36.0 Å². The lowest BCUT2D eigenvalue weighted by Crippen LogP contribution is -2.23. The Morgan fingerprint density at radius 3 is 2.55 bits per heavy atom. The quantitative estimate of drug-likeness (QED) is 0.455. The number of pyridine rings is 2. The van der Waals surface area contributed by atoms with Crippen molar-refractivity contribution >= 4 is 26.1 Å². The molecule has 0 aliphatic heterocycles. The van der Waals surface area contributed by atoms with Gasteiger partial charge in [0.05, 0.1) is 5.69 Å². The molecule has 1 aromatic carbocycles. The molecule has 3 rings (SSSR count). The largest absolute Gasteiger partial charge is 0.467 e. The molecule has 0 saturated carbocycles. The topological polar surface area (TPSA) is 64.1 Å². The van der Waals surface area contributed by atoms with Gasteiger partial charge in [-0.05, 0) is 42.9 Å². The van der Waals surface area contributed by atoms with Gasteiger partial charge in [-0.3, -0.25) is 9.78 Å². The molecule has 0 radical (unpaired) electrons. The Kier molecular flexibility index (Phi) is 6.55. The third-order valence-electron chi connectivity index (χ3n) is 4.29. The molecule has 0 aliphatic rings. The molecule has 1 amide bonds. The lowest BCUT2D eigenvalue weighted by atomic mass is 10.1. The molecule has 0 spiro atoms. The molecule has 1 atom stereocenters. The average Bonchev–Trinajstić information content (AvgIpc) is 2.69. The van der Waals surface area contributed by atoms with Gasteiger partial charge in [0.2, 0.25) is 5.88 Å². The maximum atomic E-state index is 14.8. The van der Waals surface area contributed by atoms with Crippen LogP contribution in [-0.4, -0.2) is 28.7 Å². The first-order chi connectivity index (χ1) is 14.5. The van der Waals surface area contributed by atoms with Gasteiger partial charge in [0, 0.05) is 17.5 Å². The summed E-state index contributed by atoms with van der Waals surface area (Å²) in [6.07, 6.45) is -3.33. The molecule has 10 heteroatoms. The lowest BCUT2D eigenvalue weighted by Gasteiger charge is -2.16. The van der Waals surface area contributed by atoms with Crippen LogP contribution < -0.4 is 15.4 Å². The third kappa shape index (κ3) is 5.55. The summed E-state index contributed by atoms with van der Waals surface area (Å²) in [6.45, 7) is 1.79. The summed E-state index contributed by atoms with van der Waals surface area (Å²) < 4.78 is 57.8. The molecule has 0 aliphatic carbocycles. The predicted molar refractivity (Wildman–Crippen MR) is 112 cm³/mol. The molecule has 2 heterocycles. The van der Waals surface area contributed by atoms with Gasteiger partial charge in [-0.2, -0.15) is 13.2 Å². The van der Waals surface area contributed by atoms with Crippen LogP contribution >= 0.6 is 9.24 Å². The number of para-hydroxylation sites is 1. The van der Waals surface area contributed by atoms with Crippen LogP contribution in [0.5, 0.6) is 5.88 Å². The Bertz CT molecular complexity index is 1100. The van der Waals surface area contributed by atoms with Crippen molar-refractivity contribution in [3.63, 3.8) is 0 Å². The zero-order valence-corrected chi connectivity index (χ0v) is 17.7. The number of rotatable bonds is 5. The van der Waals surface area contributed by atoms with Crippen LogP contribution in [0.15, 0.2) is 42.6 Å². The summed E-state index contributed by atoms with van der Waals surface area (Å²) >= 11 is 0. The number of anilines is 1. The number of carbonyl (C=O) groups excluding carboxylic acids is 1. The summed E-state index contributed by atoms with van der Waals surface area (Å²) in [4.78, 5) is 20.7. The Morgan fingerprint density at radius 2 is 1.94 bits per heavy atom. The summed E-state index contributed by atoms with van der Waals surface area (Å²) in [6, 6.07) is 9.18. The highest BCUT2D eigenvalue weighted by Crippen LogP contribution is 2.29. The van der Waals surface area contributed by atoms with Crippen molar-refractivity contribution in [2.45, 2.75) is 20.0 Å². The minimum Gasteiger partial charge on any atom is -0.467 e. The van der Waals surface area contributed by atoms with Crippen molar-refractivity contribution in [1.29, 1.82) is 0 Å². The Morgan fingerprint density at radius 1 is 1.19 bits per heavy atom. The van der Waals surface area contributed by atoms with Gasteiger partial charge in [-0.1, -0.05) is 18.2 Å². The maximum Gasteiger partial charge on any atom is 0.422 e. The van der Waals surface area contributed by atoms with E-state index in [0.29, 0.717) is 16.7 Å². The second-order valence-electron chi connectivity index (χ2n) is 6.76. The molecule has 2 aromatic heterocycles. The van der Waals surface area contributed by atoms with Crippen molar-refractivity contribution in [1.82, 2.24) is 9.97 Å². The molecule has 3 aromatic rings. The number of hydrogen-bond donors (Lipinski definition) is 1. The highest BCUT2D eigenvalue weighted by atomic mass is 31.0. The number of halogens is 4. The van der Waals surface area contributed by atoms with E-state index in [9.17, 15) is 22.4 Å². The van der Waals surface area contributed by atoms with Gasteiger partial charge < -0.3 is 10.1 Å². The van der Waals surface area contributed by atoms with Crippen LogP contribution in [0.25, 0.3) is 11.3 Å². The molecule has 0 bridgehead atoms. The number of aromatic nitrogens is 2. The normalized spacial score (nSPS) is 11.3. The van der Waals surface area contributed by atoms with Gasteiger partial charge in [0.25, 0.3) is 5.91 Å². The third-order valence-corrected chi connectivity index (χ3v) is 4.77. The molecule has 162 valence electrons. The number of hydrogen-bond acceptors (Lipinski definition) is 4. The number of aryl methyl sites for hydroxylation is 2. The fraction of sp³-hybridized carbons (Fsp3) is 0.190. The predicted octanol–water partition coefficient (Wildman–Crippen LogP) is 4.59. The number of benzene rings is 1. The van der Waals surface area contributed by atoms with Gasteiger partial charge in [0.15, 0.2) is 12.4 Å². The Balaban J connectivity index is 2.04. The van der Waals surface area contributed by atoms with E-state index >= 15 is 0 Å². The van der Waals surface area contributed by atoms with Crippen molar-refractivity contribution in [3.05, 3.63) is 65.2 Å². The molecule has 5 nitrogen and oxygen atoms in total. The van der Waals surface area contributed by atoms with Crippen molar-refractivity contribution in [3.8, 4) is 17.1 Å². The molecule has 0 fully saturated rings. The monoisotopic (exact) mass is 451 g/mol. The number of nitrogens with zero attached hydrogens (tertiary/aromatic N) is 2. The van der Waals surface area contributed by atoms with E-state index in [1.165, 1.54) is 12.3 Å². The highest BCUT2D eigenvalue weighted by molar-refractivity contribution is 7.28. The van der Waals surface area contributed by atoms with E-state index in [4.69, 9.17) is 4.74 Å². The first kappa shape index (κ1) is 22.6. The molecule has 0 saturated heterocycles. The van der Waals surface area contributed by atoms with E-state index in [1.54, 1.807) is 38.1 Å². The molecule has 1 unspecified atom stereocenters. The van der Waals surface area contributed by atoms with Crippen molar-refractivity contribution in [2.75, 3.05) is 11.9 Å². The van der Waals surface area contributed by atoms with Crippen LogP contribution in [0, 0.1) is 19.7 Å². The SMILES string of the molecule is Cc1ccc(-c2nc(OCC(F)(F)F)c(C(=O)Nc3c(C)cccc3P)cc2F)cn1. The Labute approximate surface area is 178 Å². The molecular weight excluding hydrogens is 433 g/mol. The van der Waals surface area contributed by atoms with Crippen LogP contribution in [0.4, 0.5) is 23.2 Å². The summed E-state index contributed by atoms with van der Waals surface area (Å²) in [5, 5.41) is 3.24. The smallest absolute Gasteiger partial charge is 0.422 e. The van der Waals surface area contributed by atoms with Gasteiger partial charge in [0.1, 0.15) is 11.3 Å². The first-order valence-corrected chi connectivity index (χ1v) is 9.62. The van der Waals surface area contributed by atoms with Gasteiger partial charge >= 0.3 is 6.18 Å². The summed E-state index contributed by atoms with van der Waals surface area (Å²) in [7, 11) is 2.44. The number of carbonyl (C=O) groups is 1. The zero-order chi connectivity index (χ0) is 22.8. The number of ether oxygens (including phenoxy) is 1. The molecule has 1 N–H and O–H groups in total. The van der Waals surface area contributed by atoms with E-state index in [1.807, 2.05) is 0 Å². The van der Waals surface area contributed by atoms with E-state index in [-0.39, 0.29) is 11.3 Å². The number of nitrogens with one attached hydrogen (secondary N) is 1. The van der Waals surface area contributed by atoms with E-state index in [0.717, 1.165) is 11.6 Å². The highest BCUT2D eigenvalue weighted by Gasteiger charge is 2.30. The van der Waals surface area contributed by atoms with Gasteiger partial charge in [-0.25, -0.2) is 9.37 Å². The fourth-order valence-electron chi connectivity index (χ4n) is 2.75. The lowest BCUT2D eigenvalue weighted by molar-refractivity contribution is -0.154. The standard InChI is InChI=1S/C21H18F4N3O2P/c1-11-4-3-5-16(31)17(11)27-19(29)14-8-15(22)18(13-7-6-12(2)26-9-13)28-20(14)30-10-21(23,24)25/h3-9H,10,31H2,1-2H3,(H,27,29). The van der Waals surface area contributed by atoms with Gasteiger partial charge in [-0.15, -0.1) is 9.24 Å². The van der Waals surface area contributed by atoms with Crippen LogP contribution in [-0.2, 0) is 0 Å². The summed E-state index contributed by atoms with van der Waals surface area (Å²) in [5.41, 5.74) is 1.32. The van der Waals surface area contributed by atoms with E-state index in [2.05, 4.69) is 24.5 Å². The van der Waals surface area contributed by atoms with Crippen LogP contribution in [0.2, 0.25) is 0 Å². The molecular formula is C21H18F4N3O2P. The number of amides is 1. The summed E-state index contributed by atoms with van der Waals surface area (Å²) in [5.74, 6) is -2.38. The minimum atomic E-state index is -4.67. The van der Waals surface area contributed by atoms with Crippen LogP contribution in [0.1, 0.15) is 21.6 Å². The zero-order valence-electron chi connectivity index (χ0n) is 16.5. The molecule has 31 heavy (non-hydrogen) atoms. The average molecular weight is 451 g/mol. The van der Waals surface area contributed by atoms with Crippen LogP contribution in [0.3, 0.4) is 0 Å². The second-order valence-corrected chi connectivity index (χ2v) is 7.38. The van der Waals surface area contributed by atoms with Crippen molar-refractivity contribution in [2.24, 2.45) is 0 Å². The minimum absolute atomic E-state index is 0.234. The second kappa shape index (κ2) is 8.98. The van der Waals surface area contributed by atoms with Crippen molar-refractivity contribution < 1.29 is 27.1 Å². The fourth-order valence-corrected chi connectivity index (χ4v) is 3.16. The number of alkyl halides is 3. The first-order valence-electron chi connectivity index (χ1n) is 9.04. The maximum absolute atomic E-state index is 14.8.